The van der Waals surface area contributed by atoms with Crippen molar-refractivity contribution in [2.45, 2.75) is 25.6 Å². The summed E-state index contributed by atoms with van der Waals surface area (Å²) in [5.74, 6) is -0.859. The second-order valence-corrected chi connectivity index (χ2v) is 6.13. The zero-order valence-corrected chi connectivity index (χ0v) is 15.5. The first kappa shape index (κ1) is 21.6. The van der Waals surface area contributed by atoms with Crippen molar-refractivity contribution < 1.29 is 32.2 Å². The van der Waals surface area contributed by atoms with E-state index in [4.69, 9.17) is 21.1 Å². The van der Waals surface area contributed by atoms with Crippen LogP contribution in [0.25, 0.3) is 0 Å². The van der Waals surface area contributed by atoms with E-state index in [2.05, 4.69) is 5.32 Å². The van der Waals surface area contributed by atoms with E-state index in [0.29, 0.717) is 11.8 Å². The number of carbonyl (C=O) groups excluding carboxylic acids is 2. The van der Waals surface area contributed by atoms with Gasteiger partial charge in [0, 0.05) is 5.69 Å². The number of alkyl halides is 3. The van der Waals surface area contributed by atoms with Gasteiger partial charge in [0.1, 0.15) is 5.75 Å². The average Bonchev–Trinajstić information content (AvgIpc) is 2.63. The van der Waals surface area contributed by atoms with Gasteiger partial charge in [0.2, 0.25) is 0 Å². The molecule has 28 heavy (non-hydrogen) atoms. The van der Waals surface area contributed by atoms with Crippen LogP contribution in [0.5, 0.6) is 5.75 Å². The fourth-order valence-electron chi connectivity index (χ4n) is 2.14. The number of para-hydroxylation sites is 1. The summed E-state index contributed by atoms with van der Waals surface area (Å²) in [5, 5.41) is 1.78. The molecule has 150 valence electrons. The second kappa shape index (κ2) is 9.45. The van der Waals surface area contributed by atoms with Crippen LogP contribution in [-0.2, 0) is 20.5 Å². The van der Waals surface area contributed by atoms with Crippen molar-refractivity contribution in [1.29, 1.82) is 0 Å². The summed E-state index contributed by atoms with van der Waals surface area (Å²) in [6.07, 6.45) is -5.95. The summed E-state index contributed by atoms with van der Waals surface area (Å²) in [5.41, 5.74) is -1.19. The Kier molecular flexibility index (Phi) is 7.28. The van der Waals surface area contributed by atoms with Crippen molar-refractivity contribution in [3.63, 3.8) is 0 Å². The Hall–Kier alpha value is -2.74. The van der Waals surface area contributed by atoms with Crippen LogP contribution < -0.4 is 10.1 Å². The third-order valence-corrected chi connectivity index (χ3v) is 3.86. The quantitative estimate of drug-likeness (QED) is 0.666. The van der Waals surface area contributed by atoms with Crippen LogP contribution in [0, 0.1) is 0 Å². The molecule has 0 saturated heterocycles. The van der Waals surface area contributed by atoms with Crippen LogP contribution in [0.4, 0.5) is 18.9 Å². The molecule has 2 rings (SSSR count). The molecule has 0 radical (unpaired) electrons. The van der Waals surface area contributed by atoms with E-state index in [-0.39, 0.29) is 18.7 Å². The molecule has 1 N–H and O–H groups in total. The van der Waals surface area contributed by atoms with Gasteiger partial charge >= 0.3 is 12.1 Å². The number of halogens is 4. The fourth-order valence-corrected chi connectivity index (χ4v) is 2.37. The average molecular weight is 416 g/mol. The number of rotatable bonds is 7. The molecule has 2 aromatic carbocycles. The molecule has 0 saturated carbocycles. The van der Waals surface area contributed by atoms with E-state index < -0.39 is 34.7 Å². The van der Waals surface area contributed by atoms with Crippen molar-refractivity contribution in [1.82, 2.24) is 0 Å². The fraction of sp³-hybridized carbons (Fsp3) is 0.263. The van der Waals surface area contributed by atoms with Crippen LogP contribution >= 0.6 is 11.6 Å². The summed E-state index contributed by atoms with van der Waals surface area (Å²) < 4.78 is 48.9. The van der Waals surface area contributed by atoms with Crippen LogP contribution in [-0.4, -0.2) is 24.6 Å². The smallest absolute Gasteiger partial charge is 0.417 e. The first-order valence-electron chi connectivity index (χ1n) is 8.22. The first-order chi connectivity index (χ1) is 13.2. The monoisotopic (exact) mass is 415 g/mol. The molecule has 0 aliphatic rings. The Labute approximate surface area is 164 Å². The molecule has 0 aliphatic carbocycles. The molecule has 5 nitrogen and oxygen atoms in total. The predicted octanol–water partition coefficient (Wildman–Crippen LogP) is 4.70. The molecule has 9 heteroatoms. The summed E-state index contributed by atoms with van der Waals surface area (Å²) in [6.45, 7) is 1.37. The van der Waals surface area contributed by atoms with E-state index in [1.54, 1.807) is 24.3 Å². The van der Waals surface area contributed by atoms with Gasteiger partial charge in [0.05, 0.1) is 23.6 Å². The number of nitrogens with one attached hydrogen (secondary N) is 1. The maximum Gasteiger partial charge on any atom is 0.417 e. The first-order valence-corrected chi connectivity index (χ1v) is 8.59. The summed E-state index contributed by atoms with van der Waals surface area (Å²) in [4.78, 5) is 23.8. The van der Waals surface area contributed by atoms with E-state index in [0.717, 1.165) is 6.07 Å². The van der Waals surface area contributed by atoms with Gasteiger partial charge in [-0.05, 0) is 37.3 Å². The molecule has 0 aromatic heterocycles. The summed E-state index contributed by atoms with van der Waals surface area (Å²) in [6, 6.07) is 11.8. The lowest BCUT2D eigenvalue weighted by atomic mass is 10.2. The number of carbonyl (C=O) groups is 2. The van der Waals surface area contributed by atoms with Crippen molar-refractivity contribution >= 4 is 29.2 Å². The third-order valence-electron chi connectivity index (χ3n) is 3.53. The Morgan fingerprint density at radius 1 is 1.14 bits per heavy atom. The molecule has 0 spiro atoms. The molecular weight excluding hydrogens is 399 g/mol. The number of hydrogen-bond acceptors (Lipinski definition) is 4. The second-order valence-electron chi connectivity index (χ2n) is 5.73. The van der Waals surface area contributed by atoms with Gasteiger partial charge in [-0.2, -0.15) is 13.2 Å². The molecule has 1 amide bonds. The normalized spacial score (nSPS) is 12.2. The van der Waals surface area contributed by atoms with Gasteiger partial charge < -0.3 is 14.8 Å². The predicted molar refractivity (Wildman–Crippen MR) is 97.2 cm³/mol. The SMILES string of the molecule is CC(OC(=O)CCOc1ccccc1)C(=O)Nc1ccc(Cl)c(C(F)(F)F)c1. The summed E-state index contributed by atoms with van der Waals surface area (Å²) >= 11 is 5.53. The maximum atomic E-state index is 12.9. The van der Waals surface area contributed by atoms with Crippen LogP contribution in [0.15, 0.2) is 48.5 Å². The molecule has 2 aromatic rings. The Morgan fingerprint density at radius 2 is 1.82 bits per heavy atom. The molecular formula is C19H17ClF3NO4. The molecule has 0 fully saturated rings. The molecule has 1 atom stereocenters. The van der Waals surface area contributed by atoms with Crippen molar-refractivity contribution in [3.05, 3.63) is 59.1 Å². The van der Waals surface area contributed by atoms with Gasteiger partial charge in [-0.15, -0.1) is 0 Å². The van der Waals surface area contributed by atoms with Gasteiger partial charge in [0.15, 0.2) is 6.10 Å². The highest BCUT2D eigenvalue weighted by Gasteiger charge is 2.33. The highest BCUT2D eigenvalue weighted by atomic mass is 35.5. The Balaban J connectivity index is 1.84. The summed E-state index contributed by atoms with van der Waals surface area (Å²) in [7, 11) is 0. The number of ether oxygens (including phenoxy) is 2. The minimum Gasteiger partial charge on any atom is -0.493 e. The zero-order chi connectivity index (χ0) is 20.7. The largest absolute Gasteiger partial charge is 0.493 e. The molecule has 0 heterocycles. The molecule has 1 unspecified atom stereocenters. The maximum absolute atomic E-state index is 12.9. The lowest BCUT2D eigenvalue weighted by Crippen LogP contribution is -2.30. The van der Waals surface area contributed by atoms with Gasteiger partial charge in [0.25, 0.3) is 5.91 Å². The van der Waals surface area contributed by atoms with Crippen LogP contribution in [0.2, 0.25) is 5.02 Å². The minimum atomic E-state index is -4.66. The highest BCUT2D eigenvalue weighted by molar-refractivity contribution is 6.31. The van der Waals surface area contributed by atoms with E-state index in [9.17, 15) is 22.8 Å². The Bertz CT molecular complexity index is 828. The molecule has 0 aliphatic heterocycles. The zero-order valence-electron chi connectivity index (χ0n) is 14.8. The third kappa shape index (κ3) is 6.45. The van der Waals surface area contributed by atoms with E-state index >= 15 is 0 Å². The number of amides is 1. The van der Waals surface area contributed by atoms with Crippen LogP contribution in [0.3, 0.4) is 0 Å². The van der Waals surface area contributed by atoms with Gasteiger partial charge in [-0.3, -0.25) is 9.59 Å². The number of esters is 1. The highest BCUT2D eigenvalue weighted by Crippen LogP contribution is 2.36. The van der Waals surface area contributed by atoms with Crippen molar-refractivity contribution in [3.8, 4) is 5.75 Å². The standard InChI is InChI=1S/C19H17ClF3NO4/c1-12(28-17(25)9-10-27-14-5-3-2-4-6-14)18(26)24-13-7-8-16(20)15(11-13)19(21,22)23/h2-8,11-12H,9-10H2,1H3,(H,24,26). The van der Waals surface area contributed by atoms with Crippen molar-refractivity contribution in [2.24, 2.45) is 0 Å². The Morgan fingerprint density at radius 3 is 2.46 bits per heavy atom. The minimum absolute atomic E-state index is 0.0588. The van der Waals surface area contributed by atoms with Gasteiger partial charge in [-0.1, -0.05) is 29.8 Å². The van der Waals surface area contributed by atoms with E-state index in [1.807, 2.05) is 6.07 Å². The lowest BCUT2D eigenvalue weighted by molar-refractivity contribution is -0.153. The molecule has 0 bridgehead atoms. The van der Waals surface area contributed by atoms with Crippen LogP contribution in [0.1, 0.15) is 18.9 Å². The lowest BCUT2D eigenvalue weighted by Gasteiger charge is -2.15. The van der Waals surface area contributed by atoms with E-state index in [1.165, 1.54) is 13.0 Å². The van der Waals surface area contributed by atoms with Gasteiger partial charge in [-0.25, -0.2) is 0 Å². The topological polar surface area (TPSA) is 64.6 Å². The number of hydrogen-bond donors (Lipinski definition) is 1. The number of anilines is 1. The van der Waals surface area contributed by atoms with Crippen molar-refractivity contribution in [2.75, 3.05) is 11.9 Å². The number of benzene rings is 2.